The summed E-state index contributed by atoms with van der Waals surface area (Å²) >= 11 is 0. The predicted molar refractivity (Wildman–Crippen MR) is 67.7 cm³/mol. The third-order valence-electron chi connectivity index (χ3n) is 2.79. The molecule has 0 bridgehead atoms. The second kappa shape index (κ2) is 5.03. The summed E-state index contributed by atoms with van der Waals surface area (Å²) in [5.74, 6) is 0. The molecule has 17 heavy (non-hydrogen) atoms. The number of likely N-dealkylation sites (tertiary alicyclic amines) is 1. The Hall–Kier alpha value is -1.11. The first kappa shape index (κ1) is 12.3. The Labute approximate surface area is 102 Å². The van der Waals surface area contributed by atoms with Crippen LogP contribution in [0, 0.1) is 0 Å². The van der Waals surface area contributed by atoms with E-state index in [0.717, 1.165) is 25.2 Å². The van der Waals surface area contributed by atoms with Crippen molar-refractivity contribution in [1.29, 1.82) is 0 Å². The molecule has 1 aromatic rings. The fourth-order valence-corrected chi connectivity index (χ4v) is 2.55. The van der Waals surface area contributed by atoms with Crippen LogP contribution in [0.3, 0.4) is 0 Å². The zero-order valence-electron chi connectivity index (χ0n) is 9.59. The fourth-order valence-electron chi connectivity index (χ4n) is 2.10. The van der Waals surface area contributed by atoms with E-state index in [-0.39, 0.29) is 0 Å². The summed E-state index contributed by atoms with van der Waals surface area (Å²) in [5, 5.41) is 4.93. The molecule has 0 aliphatic carbocycles. The van der Waals surface area contributed by atoms with Crippen LogP contribution in [-0.2, 0) is 16.8 Å². The van der Waals surface area contributed by atoms with Crippen LogP contribution in [0.25, 0.3) is 0 Å². The molecule has 0 atom stereocenters. The molecule has 0 amide bonds. The summed E-state index contributed by atoms with van der Waals surface area (Å²) in [6.07, 6.45) is 2.49. The molecular weight excluding hydrogens is 238 g/mol. The first-order chi connectivity index (χ1) is 8.03. The smallest absolute Gasteiger partial charge is 0.296 e. The van der Waals surface area contributed by atoms with Crippen molar-refractivity contribution < 1.29 is 8.42 Å². The Balaban J connectivity index is 2.05. The van der Waals surface area contributed by atoms with Gasteiger partial charge >= 0.3 is 0 Å². The van der Waals surface area contributed by atoms with Gasteiger partial charge in [-0.15, -0.1) is 0 Å². The topological polar surface area (TPSA) is 75.4 Å². The van der Waals surface area contributed by atoms with Gasteiger partial charge in [-0.2, -0.15) is 8.42 Å². The van der Waals surface area contributed by atoms with Crippen LogP contribution in [0.5, 0.6) is 0 Å². The summed E-state index contributed by atoms with van der Waals surface area (Å²) in [5.41, 5.74) is 1.62. The summed E-state index contributed by atoms with van der Waals surface area (Å²) in [7, 11) is -3.68. The van der Waals surface area contributed by atoms with E-state index in [1.165, 1.54) is 12.8 Å². The Morgan fingerprint density at radius 1 is 1.29 bits per heavy atom. The largest absolute Gasteiger partial charge is 0.299 e. The standard InChI is InChI=1S/C11H17N3O2S/c12-17(15,16)13-11-5-3-4-10(8-11)9-14-6-1-2-7-14/h3-5,8,13H,1-2,6-7,9H2,(H2,12,15,16). The molecule has 5 nitrogen and oxygen atoms in total. The number of rotatable bonds is 4. The molecule has 1 aliphatic rings. The number of nitrogens with two attached hydrogens (primary N) is 1. The molecule has 1 heterocycles. The lowest BCUT2D eigenvalue weighted by Crippen LogP contribution is -2.22. The Morgan fingerprint density at radius 3 is 2.65 bits per heavy atom. The van der Waals surface area contributed by atoms with Gasteiger partial charge in [0.1, 0.15) is 0 Å². The van der Waals surface area contributed by atoms with Crippen molar-refractivity contribution in [2.75, 3.05) is 17.8 Å². The van der Waals surface area contributed by atoms with Gasteiger partial charge in [-0.1, -0.05) is 12.1 Å². The van der Waals surface area contributed by atoms with Crippen molar-refractivity contribution in [2.45, 2.75) is 19.4 Å². The number of benzene rings is 1. The van der Waals surface area contributed by atoms with Crippen LogP contribution >= 0.6 is 0 Å². The van der Waals surface area contributed by atoms with Crippen LogP contribution in [0.4, 0.5) is 5.69 Å². The van der Waals surface area contributed by atoms with Gasteiger partial charge in [0.05, 0.1) is 5.69 Å². The van der Waals surface area contributed by atoms with Gasteiger partial charge in [-0.3, -0.25) is 9.62 Å². The second-order valence-electron chi connectivity index (χ2n) is 4.33. The van der Waals surface area contributed by atoms with Gasteiger partial charge in [0.2, 0.25) is 0 Å². The highest BCUT2D eigenvalue weighted by atomic mass is 32.2. The molecule has 0 saturated carbocycles. The van der Waals surface area contributed by atoms with Crippen LogP contribution < -0.4 is 9.86 Å². The molecule has 1 aliphatic heterocycles. The SMILES string of the molecule is NS(=O)(=O)Nc1cccc(CN2CCCC2)c1. The predicted octanol–water partition coefficient (Wildman–Crippen LogP) is 0.898. The molecule has 1 fully saturated rings. The molecule has 2 rings (SSSR count). The average molecular weight is 255 g/mol. The third kappa shape index (κ3) is 3.99. The monoisotopic (exact) mass is 255 g/mol. The molecule has 0 aromatic heterocycles. The Morgan fingerprint density at radius 2 is 2.00 bits per heavy atom. The Bertz CT molecular complexity index is 481. The van der Waals surface area contributed by atoms with Crippen LogP contribution in [-0.4, -0.2) is 26.4 Å². The summed E-state index contributed by atoms with van der Waals surface area (Å²) in [6.45, 7) is 3.10. The van der Waals surface area contributed by atoms with Crippen molar-refractivity contribution >= 4 is 15.9 Å². The van der Waals surface area contributed by atoms with E-state index in [0.29, 0.717) is 5.69 Å². The first-order valence-corrected chi connectivity index (χ1v) is 7.19. The average Bonchev–Trinajstić information content (AvgIpc) is 2.68. The number of hydrogen-bond acceptors (Lipinski definition) is 3. The molecule has 6 heteroatoms. The highest BCUT2D eigenvalue weighted by molar-refractivity contribution is 7.90. The minimum atomic E-state index is -3.68. The van der Waals surface area contributed by atoms with Crippen molar-refractivity contribution in [2.24, 2.45) is 5.14 Å². The quantitative estimate of drug-likeness (QED) is 0.839. The van der Waals surface area contributed by atoms with E-state index in [9.17, 15) is 8.42 Å². The number of nitrogens with one attached hydrogen (secondary N) is 1. The lowest BCUT2D eigenvalue weighted by Gasteiger charge is -2.15. The minimum absolute atomic E-state index is 0.518. The molecular formula is C11H17N3O2S. The van der Waals surface area contributed by atoms with E-state index in [1.54, 1.807) is 6.07 Å². The fraction of sp³-hybridized carbons (Fsp3) is 0.455. The van der Waals surface area contributed by atoms with Crippen molar-refractivity contribution in [1.82, 2.24) is 4.90 Å². The highest BCUT2D eigenvalue weighted by Crippen LogP contribution is 2.16. The van der Waals surface area contributed by atoms with Crippen LogP contribution in [0.15, 0.2) is 24.3 Å². The number of anilines is 1. The maximum atomic E-state index is 10.9. The lowest BCUT2D eigenvalue weighted by atomic mass is 10.2. The van der Waals surface area contributed by atoms with Crippen molar-refractivity contribution in [3.63, 3.8) is 0 Å². The van der Waals surface area contributed by atoms with E-state index in [2.05, 4.69) is 9.62 Å². The third-order valence-corrected chi connectivity index (χ3v) is 3.31. The van der Waals surface area contributed by atoms with Gasteiger partial charge in [0, 0.05) is 6.54 Å². The minimum Gasteiger partial charge on any atom is -0.299 e. The molecule has 1 saturated heterocycles. The zero-order chi connectivity index (χ0) is 12.3. The van der Waals surface area contributed by atoms with E-state index < -0.39 is 10.2 Å². The summed E-state index contributed by atoms with van der Waals surface area (Å²) < 4.78 is 24.1. The number of hydrogen-bond donors (Lipinski definition) is 2. The maximum absolute atomic E-state index is 10.9. The Kier molecular flexibility index (Phi) is 3.66. The highest BCUT2D eigenvalue weighted by Gasteiger charge is 2.12. The van der Waals surface area contributed by atoms with Gasteiger partial charge < -0.3 is 0 Å². The van der Waals surface area contributed by atoms with Crippen molar-refractivity contribution in [3.05, 3.63) is 29.8 Å². The van der Waals surface area contributed by atoms with Crippen molar-refractivity contribution in [3.8, 4) is 0 Å². The van der Waals surface area contributed by atoms with Crippen LogP contribution in [0.2, 0.25) is 0 Å². The zero-order valence-corrected chi connectivity index (χ0v) is 10.4. The van der Waals surface area contributed by atoms with E-state index in [1.807, 2.05) is 18.2 Å². The molecule has 3 N–H and O–H groups in total. The molecule has 0 unspecified atom stereocenters. The first-order valence-electron chi connectivity index (χ1n) is 5.65. The molecule has 0 radical (unpaired) electrons. The summed E-state index contributed by atoms with van der Waals surface area (Å²) in [4.78, 5) is 2.36. The van der Waals surface area contributed by atoms with Gasteiger partial charge in [0.25, 0.3) is 10.2 Å². The van der Waals surface area contributed by atoms with Gasteiger partial charge in [-0.25, -0.2) is 5.14 Å². The van der Waals surface area contributed by atoms with Crippen LogP contribution in [0.1, 0.15) is 18.4 Å². The van der Waals surface area contributed by atoms with Gasteiger partial charge in [-0.05, 0) is 43.6 Å². The molecule has 0 spiro atoms. The van der Waals surface area contributed by atoms with E-state index in [4.69, 9.17) is 5.14 Å². The molecule has 1 aromatic carbocycles. The second-order valence-corrected chi connectivity index (χ2v) is 5.62. The lowest BCUT2D eigenvalue weighted by molar-refractivity contribution is 0.331. The maximum Gasteiger partial charge on any atom is 0.296 e. The molecule has 94 valence electrons. The van der Waals surface area contributed by atoms with Gasteiger partial charge in [0.15, 0.2) is 0 Å². The summed E-state index contributed by atoms with van der Waals surface area (Å²) in [6, 6.07) is 7.34. The van der Waals surface area contributed by atoms with E-state index >= 15 is 0 Å². The number of nitrogens with zero attached hydrogens (tertiary/aromatic N) is 1. The normalized spacial score (nSPS) is 17.2.